The number of methoxy groups -OCH3 is 2. The number of nitrogens with zero attached hydrogens (tertiary/aromatic N) is 2. The minimum atomic E-state index is -0.752. The topological polar surface area (TPSA) is 93.9 Å². The molecule has 196 valence electrons. The van der Waals surface area contributed by atoms with E-state index in [9.17, 15) is 14.0 Å². The van der Waals surface area contributed by atoms with Gasteiger partial charge in [-0.15, -0.1) is 0 Å². The van der Waals surface area contributed by atoms with Crippen molar-refractivity contribution in [3.63, 3.8) is 0 Å². The van der Waals surface area contributed by atoms with Gasteiger partial charge in [0.15, 0.2) is 22.9 Å². The summed E-state index contributed by atoms with van der Waals surface area (Å²) in [6.07, 6.45) is 1.62. The number of hydrogen-bond donors (Lipinski definition) is 1. The molecule has 5 rings (SSSR count). The van der Waals surface area contributed by atoms with Crippen molar-refractivity contribution in [2.24, 2.45) is 0 Å². The van der Waals surface area contributed by atoms with Crippen molar-refractivity contribution in [3.05, 3.63) is 83.0 Å². The van der Waals surface area contributed by atoms with Crippen LogP contribution in [0.2, 0.25) is 0 Å². The van der Waals surface area contributed by atoms with E-state index in [1.165, 1.54) is 26.4 Å². The van der Waals surface area contributed by atoms with Gasteiger partial charge in [0, 0.05) is 36.6 Å². The summed E-state index contributed by atoms with van der Waals surface area (Å²) < 4.78 is 30.5. The van der Waals surface area contributed by atoms with Gasteiger partial charge >= 0.3 is 0 Å². The molecule has 2 amide bonds. The van der Waals surface area contributed by atoms with Crippen LogP contribution in [0.3, 0.4) is 0 Å². The van der Waals surface area contributed by atoms with E-state index in [0.717, 1.165) is 24.1 Å². The standard InChI is InChI=1S/C29H28FN3O5/c1-17-4-9-24-23(31-17)16-26(38-24)29(35)33-12-10-19(11-13-33)18-5-7-20(8-6-18)32-28(34)22-14-21(36-2)15-25(37-3)27(22)30/h4-9,14-16,19H,10-13H2,1-3H3,(H,32,34). The fourth-order valence-electron chi connectivity index (χ4n) is 4.74. The van der Waals surface area contributed by atoms with Crippen LogP contribution in [0.25, 0.3) is 11.1 Å². The zero-order valence-corrected chi connectivity index (χ0v) is 21.4. The molecule has 1 fully saturated rings. The van der Waals surface area contributed by atoms with Gasteiger partial charge < -0.3 is 24.1 Å². The van der Waals surface area contributed by atoms with E-state index >= 15 is 0 Å². The summed E-state index contributed by atoms with van der Waals surface area (Å²) in [6.45, 7) is 3.13. The molecule has 4 aromatic rings. The van der Waals surface area contributed by atoms with Crippen LogP contribution >= 0.6 is 0 Å². The van der Waals surface area contributed by atoms with Crippen molar-refractivity contribution in [1.29, 1.82) is 0 Å². The highest BCUT2D eigenvalue weighted by atomic mass is 19.1. The van der Waals surface area contributed by atoms with E-state index < -0.39 is 11.7 Å². The smallest absolute Gasteiger partial charge is 0.289 e. The number of nitrogens with one attached hydrogen (secondary N) is 1. The SMILES string of the molecule is COc1cc(OC)c(F)c(C(=O)Nc2ccc(C3CCN(C(=O)c4cc5nc(C)ccc5o4)CC3)cc2)c1. The van der Waals surface area contributed by atoms with Crippen molar-refractivity contribution in [1.82, 2.24) is 9.88 Å². The predicted octanol–water partition coefficient (Wildman–Crippen LogP) is 5.56. The molecule has 9 heteroatoms. The number of carbonyl (C=O) groups is 2. The molecule has 0 atom stereocenters. The number of pyridine rings is 1. The van der Waals surface area contributed by atoms with Gasteiger partial charge in [0.2, 0.25) is 0 Å². The molecule has 1 N–H and O–H groups in total. The zero-order valence-electron chi connectivity index (χ0n) is 21.4. The quantitative estimate of drug-likeness (QED) is 0.360. The molecule has 8 nitrogen and oxygen atoms in total. The van der Waals surface area contributed by atoms with E-state index in [0.29, 0.717) is 41.4 Å². The zero-order chi connectivity index (χ0) is 26.8. The molecule has 1 aliphatic rings. The first-order chi connectivity index (χ1) is 18.4. The fourth-order valence-corrected chi connectivity index (χ4v) is 4.74. The number of aryl methyl sites for hydroxylation is 1. The van der Waals surface area contributed by atoms with Gasteiger partial charge in [-0.2, -0.15) is 0 Å². The monoisotopic (exact) mass is 517 g/mol. The predicted molar refractivity (Wildman–Crippen MR) is 141 cm³/mol. The molecular weight excluding hydrogens is 489 g/mol. The van der Waals surface area contributed by atoms with Crippen LogP contribution in [0.5, 0.6) is 11.5 Å². The number of aromatic nitrogens is 1. The molecule has 0 unspecified atom stereocenters. The van der Waals surface area contributed by atoms with Crippen molar-refractivity contribution in [2.45, 2.75) is 25.7 Å². The molecular formula is C29H28FN3O5. The largest absolute Gasteiger partial charge is 0.497 e. The minimum Gasteiger partial charge on any atom is -0.497 e. The van der Waals surface area contributed by atoms with E-state index in [2.05, 4.69) is 10.3 Å². The van der Waals surface area contributed by atoms with Crippen molar-refractivity contribution in [3.8, 4) is 11.5 Å². The molecule has 38 heavy (non-hydrogen) atoms. The van der Waals surface area contributed by atoms with Gasteiger partial charge in [-0.3, -0.25) is 9.59 Å². The number of hydrogen-bond acceptors (Lipinski definition) is 6. The summed E-state index contributed by atoms with van der Waals surface area (Å²) in [5.74, 6) is -0.639. The maximum atomic E-state index is 14.6. The van der Waals surface area contributed by atoms with Crippen LogP contribution < -0.4 is 14.8 Å². The molecule has 2 aromatic heterocycles. The lowest BCUT2D eigenvalue weighted by molar-refractivity contribution is 0.0683. The van der Waals surface area contributed by atoms with Gasteiger partial charge in [0.1, 0.15) is 11.3 Å². The molecule has 1 saturated heterocycles. The summed E-state index contributed by atoms with van der Waals surface area (Å²) in [7, 11) is 2.76. The van der Waals surface area contributed by atoms with Crippen molar-refractivity contribution >= 4 is 28.6 Å². The van der Waals surface area contributed by atoms with Gasteiger partial charge in [-0.05, 0) is 61.6 Å². The molecule has 0 bridgehead atoms. The van der Waals surface area contributed by atoms with Gasteiger partial charge in [0.25, 0.3) is 11.8 Å². The molecule has 1 aliphatic heterocycles. The van der Waals surface area contributed by atoms with Crippen LogP contribution in [0.15, 0.2) is 59.0 Å². The van der Waals surface area contributed by atoms with Crippen molar-refractivity contribution < 1.29 is 27.9 Å². The summed E-state index contributed by atoms with van der Waals surface area (Å²) in [5.41, 5.74) is 3.65. The highest BCUT2D eigenvalue weighted by Gasteiger charge is 2.27. The molecule has 3 heterocycles. The lowest BCUT2D eigenvalue weighted by Crippen LogP contribution is -2.37. The number of rotatable bonds is 6. The van der Waals surface area contributed by atoms with Gasteiger partial charge in [-0.1, -0.05) is 12.1 Å². The molecule has 2 aromatic carbocycles. The normalized spacial score (nSPS) is 13.9. The van der Waals surface area contributed by atoms with E-state index in [1.807, 2.05) is 36.1 Å². The first kappa shape index (κ1) is 25.3. The molecule has 0 aliphatic carbocycles. The lowest BCUT2D eigenvalue weighted by Gasteiger charge is -2.31. The van der Waals surface area contributed by atoms with Crippen LogP contribution in [0.4, 0.5) is 10.1 Å². The number of halogens is 1. The molecule has 0 spiro atoms. The molecule has 0 saturated carbocycles. The first-order valence-electron chi connectivity index (χ1n) is 12.4. The Morgan fingerprint density at radius 2 is 1.76 bits per heavy atom. The number of fused-ring (bicyclic) bond motifs is 1. The number of ether oxygens (including phenoxy) is 2. The highest BCUT2D eigenvalue weighted by Crippen LogP contribution is 2.31. The van der Waals surface area contributed by atoms with E-state index in [4.69, 9.17) is 13.9 Å². The number of amides is 2. The average molecular weight is 518 g/mol. The summed E-state index contributed by atoms with van der Waals surface area (Å²) in [5, 5.41) is 2.73. The number of furan rings is 1. The number of carbonyl (C=O) groups excluding carboxylic acids is 2. The second-order valence-electron chi connectivity index (χ2n) is 9.28. The Kier molecular flexibility index (Phi) is 7.00. The summed E-state index contributed by atoms with van der Waals surface area (Å²) in [6, 6.07) is 15.6. The first-order valence-corrected chi connectivity index (χ1v) is 12.4. The Morgan fingerprint density at radius 1 is 1.03 bits per heavy atom. The van der Waals surface area contributed by atoms with E-state index in [-0.39, 0.29) is 23.1 Å². The second-order valence-corrected chi connectivity index (χ2v) is 9.28. The highest BCUT2D eigenvalue weighted by molar-refractivity contribution is 6.05. The Hall–Kier alpha value is -4.40. The number of benzene rings is 2. The third-order valence-electron chi connectivity index (χ3n) is 6.86. The number of likely N-dealkylation sites (tertiary alicyclic amines) is 1. The minimum absolute atomic E-state index is 0.0678. The second kappa shape index (κ2) is 10.5. The summed E-state index contributed by atoms with van der Waals surface area (Å²) >= 11 is 0. The molecule has 0 radical (unpaired) electrons. The van der Waals surface area contributed by atoms with Crippen LogP contribution in [-0.4, -0.2) is 49.0 Å². The number of anilines is 1. The van der Waals surface area contributed by atoms with Crippen LogP contribution in [0, 0.1) is 12.7 Å². The Morgan fingerprint density at radius 3 is 2.45 bits per heavy atom. The van der Waals surface area contributed by atoms with Gasteiger partial charge in [0.05, 0.1) is 19.8 Å². The van der Waals surface area contributed by atoms with Crippen LogP contribution in [-0.2, 0) is 0 Å². The van der Waals surface area contributed by atoms with Gasteiger partial charge in [-0.25, -0.2) is 9.37 Å². The average Bonchev–Trinajstić information content (AvgIpc) is 3.36. The maximum Gasteiger partial charge on any atom is 0.289 e. The summed E-state index contributed by atoms with van der Waals surface area (Å²) in [4.78, 5) is 32.0. The van der Waals surface area contributed by atoms with Crippen molar-refractivity contribution in [2.75, 3.05) is 32.6 Å². The third kappa shape index (κ3) is 5.04. The Labute approximate surface area is 219 Å². The Balaban J connectivity index is 1.20. The maximum absolute atomic E-state index is 14.6. The van der Waals surface area contributed by atoms with E-state index in [1.54, 1.807) is 18.2 Å². The Bertz CT molecular complexity index is 1490. The third-order valence-corrected chi connectivity index (χ3v) is 6.86. The van der Waals surface area contributed by atoms with Crippen LogP contribution in [0.1, 0.15) is 50.9 Å². The number of piperidine rings is 1. The lowest BCUT2D eigenvalue weighted by atomic mass is 9.89. The fraction of sp³-hybridized carbons (Fsp3) is 0.276.